The van der Waals surface area contributed by atoms with Crippen LogP contribution in [0.3, 0.4) is 0 Å². The van der Waals surface area contributed by atoms with Gasteiger partial charge >= 0.3 is 0 Å². The lowest BCUT2D eigenvalue weighted by Crippen LogP contribution is -2.15. The third-order valence-electron chi connectivity index (χ3n) is 3.78. The van der Waals surface area contributed by atoms with E-state index in [0.717, 1.165) is 23.5 Å². The highest BCUT2D eigenvalue weighted by molar-refractivity contribution is 5.47. The van der Waals surface area contributed by atoms with E-state index in [1.54, 1.807) is 14.2 Å². The van der Waals surface area contributed by atoms with Crippen molar-refractivity contribution in [2.75, 3.05) is 20.8 Å². The minimum absolute atomic E-state index is 0.270. The van der Waals surface area contributed by atoms with Gasteiger partial charge in [-0.1, -0.05) is 42.0 Å². The second-order valence-corrected chi connectivity index (χ2v) is 5.20. The second kappa shape index (κ2) is 7.14. The summed E-state index contributed by atoms with van der Waals surface area (Å²) in [4.78, 5) is 0. The van der Waals surface area contributed by atoms with Crippen LogP contribution in [0.25, 0.3) is 0 Å². The summed E-state index contributed by atoms with van der Waals surface area (Å²) in [5.74, 6) is 1.83. The summed E-state index contributed by atoms with van der Waals surface area (Å²) < 4.78 is 10.9. The maximum Gasteiger partial charge on any atom is 0.163 e. The van der Waals surface area contributed by atoms with Crippen LogP contribution in [0, 0.1) is 6.92 Å². The molecule has 0 aliphatic carbocycles. The molecule has 0 saturated carbocycles. The van der Waals surface area contributed by atoms with Crippen molar-refractivity contribution in [3.05, 3.63) is 59.2 Å². The van der Waals surface area contributed by atoms with E-state index in [1.807, 2.05) is 12.1 Å². The molecule has 2 aromatic carbocycles. The van der Waals surface area contributed by atoms with Gasteiger partial charge < -0.3 is 15.2 Å². The van der Waals surface area contributed by atoms with Crippen molar-refractivity contribution in [3.8, 4) is 11.5 Å². The monoisotopic (exact) mass is 285 g/mol. The number of aryl methyl sites for hydroxylation is 1. The van der Waals surface area contributed by atoms with E-state index < -0.39 is 0 Å². The molecule has 0 aromatic heterocycles. The van der Waals surface area contributed by atoms with Crippen molar-refractivity contribution in [2.45, 2.75) is 19.3 Å². The Hall–Kier alpha value is -2.00. The first-order chi connectivity index (χ1) is 10.2. The summed E-state index contributed by atoms with van der Waals surface area (Å²) in [6.45, 7) is 2.69. The van der Waals surface area contributed by atoms with Crippen LogP contribution in [0.2, 0.25) is 0 Å². The minimum atomic E-state index is 0.270. The molecule has 2 rings (SSSR count). The smallest absolute Gasteiger partial charge is 0.163 e. The van der Waals surface area contributed by atoms with Crippen molar-refractivity contribution in [3.63, 3.8) is 0 Å². The average Bonchev–Trinajstić information content (AvgIpc) is 2.53. The Bertz CT molecular complexity index is 578. The number of ether oxygens (including phenoxy) is 2. The quantitative estimate of drug-likeness (QED) is 0.885. The molecule has 0 amide bonds. The molecular weight excluding hydrogens is 262 g/mol. The van der Waals surface area contributed by atoms with Crippen LogP contribution in [-0.4, -0.2) is 20.8 Å². The minimum Gasteiger partial charge on any atom is -0.493 e. The first-order valence-corrected chi connectivity index (χ1v) is 7.16. The van der Waals surface area contributed by atoms with E-state index in [0.29, 0.717) is 6.54 Å². The Morgan fingerprint density at radius 1 is 1.00 bits per heavy atom. The van der Waals surface area contributed by atoms with Gasteiger partial charge in [-0.2, -0.15) is 0 Å². The fraction of sp³-hybridized carbons (Fsp3) is 0.333. The predicted molar refractivity (Wildman–Crippen MR) is 86.2 cm³/mol. The normalized spacial score (nSPS) is 12.0. The molecular formula is C18H23NO2. The number of nitrogens with two attached hydrogens (primary N) is 1. The fourth-order valence-corrected chi connectivity index (χ4v) is 2.56. The van der Waals surface area contributed by atoms with Crippen LogP contribution in [0.15, 0.2) is 42.5 Å². The SMILES string of the molecule is COc1cccc(CC(CN)c2ccc(C)cc2)c1OC. The highest BCUT2D eigenvalue weighted by Gasteiger charge is 2.16. The second-order valence-electron chi connectivity index (χ2n) is 5.20. The topological polar surface area (TPSA) is 44.5 Å². The third-order valence-corrected chi connectivity index (χ3v) is 3.78. The van der Waals surface area contributed by atoms with E-state index in [1.165, 1.54) is 11.1 Å². The van der Waals surface area contributed by atoms with Crippen LogP contribution in [-0.2, 0) is 6.42 Å². The molecule has 0 saturated heterocycles. The molecule has 0 heterocycles. The van der Waals surface area contributed by atoms with E-state index >= 15 is 0 Å². The van der Waals surface area contributed by atoms with E-state index in [2.05, 4.69) is 37.3 Å². The highest BCUT2D eigenvalue weighted by Crippen LogP contribution is 2.33. The lowest BCUT2D eigenvalue weighted by Gasteiger charge is -2.18. The van der Waals surface area contributed by atoms with Crippen LogP contribution in [0.5, 0.6) is 11.5 Å². The van der Waals surface area contributed by atoms with Crippen molar-refractivity contribution in [2.24, 2.45) is 5.73 Å². The lowest BCUT2D eigenvalue weighted by molar-refractivity contribution is 0.351. The first kappa shape index (κ1) is 15.4. The number of methoxy groups -OCH3 is 2. The van der Waals surface area contributed by atoms with Gasteiger partial charge in [0.2, 0.25) is 0 Å². The van der Waals surface area contributed by atoms with E-state index in [9.17, 15) is 0 Å². The third kappa shape index (κ3) is 3.56. The van der Waals surface area contributed by atoms with Gasteiger partial charge in [0.15, 0.2) is 11.5 Å². The standard InChI is InChI=1S/C18H23NO2/c1-13-7-9-14(10-8-13)16(12-19)11-15-5-4-6-17(20-2)18(15)21-3/h4-10,16H,11-12,19H2,1-3H3. The molecule has 21 heavy (non-hydrogen) atoms. The van der Waals surface area contributed by atoms with Crippen molar-refractivity contribution < 1.29 is 9.47 Å². The summed E-state index contributed by atoms with van der Waals surface area (Å²) in [5, 5.41) is 0. The van der Waals surface area contributed by atoms with Gasteiger partial charge in [0, 0.05) is 5.92 Å². The molecule has 1 unspecified atom stereocenters. The van der Waals surface area contributed by atoms with Crippen molar-refractivity contribution in [1.29, 1.82) is 0 Å². The number of rotatable bonds is 6. The van der Waals surface area contributed by atoms with Gasteiger partial charge in [0.25, 0.3) is 0 Å². The molecule has 2 aromatic rings. The van der Waals surface area contributed by atoms with Gasteiger partial charge in [-0.25, -0.2) is 0 Å². The summed E-state index contributed by atoms with van der Waals surface area (Å²) in [5.41, 5.74) is 9.61. The summed E-state index contributed by atoms with van der Waals surface area (Å²) in [6, 6.07) is 14.5. The Kier molecular flexibility index (Phi) is 5.23. The molecule has 0 spiro atoms. The summed E-state index contributed by atoms with van der Waals surface area (Å²) >= 11 is 0. The molecule has 0 bridgehead atoms. The summed E-state index contributed by atoms with van der Waals surface area (Å²) in [7, 11) is 3.33. The van der Waals surface area contributed by atoms with Crippen LogP contribution in [0.1, 0.15) is 22.6 Å². The Morgan fingerprint density at radius 3 is 2.29 bits per heavy atom. The maximum atomic E-state index is 5.98. The van der Waals surface area contributed by atoms with Gasteiger partial charge in [-0.15, -0.1) is 0 Å². The summed E-state index contributed by atoms with van der Waals surface area (Å²) in [6.07, 6.45) is 0.833. The van der Waals surface area contributed by atoms with Crippen molar-refractivity contribution >= 4 is 0 Å². The molecule has 2 N–H and O–H groups in total. The van der Waals surface area contributed by atoms with Crippen LogP contribution < -0.4 is 15.2 Å². The molecule has 0 aliphatic rings. The maximum absolute atomic E-state index is 5.98. The Balaban J connectivity index is 2.28. The molecule has 0 aliphatic heterocycles. The lowest BCUT2D eigenvalue weighted by atomic mass is 9.91. The number of hydrogen-bond acceptors (Lipinski definition) is 3. The zero-order chi connectivity index (χ0) is 15.2. The molecule has 0 fully saturated rings. The van der Waals surface area contributed by atoms with E-state index in [-0.39, 0.29) is 5.92 Å². The fourth-order valence-electron chi connectivity index (χ4n) is 2.56. The highest BCUT2D eigenvalue weighted by atomic mass is 16.5. The zero-order valence-corrected chi connectivity index (χ0v) is 12.9. The number of benzene rings is 2. The van der Waals surface area contributed by atoms with Gasteiger partial charge in [0.05, 0.1) is 14.2 Å². The van der Waals surface area contributed by atoms with Crippen LogP contribution in [0.4, 0.5) is 0 Å². The molecule has 1 atom stereocenters. The molecule has 0 radical (unpaired) electrons. The largest absolute Gasteiger partial charge is 0.493 e. The zero-order valence-electron chi connectivity index (χ0n) is 12.9. The molecule has 3 heteroatoms. The Morgan fingerprint density at radius 2 is 1.71 bits per heavy atom. The predicted octanol–water partition coefficient (Wildman–Crippen LogP) is 3.30. The van der Waals surface area contributed by atoms with Gasteiger partial charge in [-0.3, -0.25) is 0 Å². The average molecular weight is 285 g/mol. The number of para-hydroxylation sites is 1. The van der Waals surface area contributed by atoms with Gasteiger partial charge in [0.1, 0.15) is 0 Å². The molecule has 112 valence electrons. The van der Waals surface area contributed by atoms with Crippen molar-refractivity contribution in [1.82, 2.24) is 0 Å². The molecule has 3 nitrogen and oxygen atoms in total. The van der Waals surface area contributed by atoms with Crippen LogP contribution >= 0.6 is 0 Å². The first-order valence-electron chi connectivity index (χ1n) is 7.16. The number of hydrogen-bond donors (Lipinski definition) is 1. The van der Waals surface area contributed by atoms with E-state index in [4.69, 9.17) is 15.2 Å². The van der Waals surface area contributed by atoms with Gasteiger partial charge in [-0.05, 0) is 37.1 Å². The Labute approximate surface area is 126 Å².